The number of pyridine rings is 2. The predicted octanol–water partition coefficient (Wildman–Crippen LogP) is 2.97. The Hall–Kier alpha value is -3.63. The average Bonchev–Trinajstić information content (AvgIpc) is 3.34. The third kappa shape index (κ3) is 4.68. The van der Waals surface area contributed by atoms with Gasteiger partial charge in [-0.2, -0.15) is 0 Å². The van der Waals surface area contributed by atoms with E-state index in [9.17, 15) is 4.79 Å². The number of methoxy groups -OCH3 is 1. The van der Waals surface area contributed by atoms with Gasteiger partial charge in [-0.1, -0.05) is 12.1 Å². The molecule has 1 amide bonds. The van der Waals surface area contributed by atoms with Crippen molar-refractivity contribution in [2.24, 2.45) is 0 Å². The number of thiophene rings is 1. The molecular weight excluding hydrogens is 452 g/mol. The van der Waals surface area contributed by atoms with Crippen LogP contribution in [-0.4, -0.2) is 65.8 Å². The summed E-state index contributed by atoms with van der Waals surface area (Å²) in [5, 5.41) is 5.66. The zero-order valence-electron chi connectivity index (χ0n) is 18.7. The fourth-order valence-electron chi connectivity index (χ4n) is 3.80. The molecule has 174 valence electrons. The van der Waals surface area contributed by atoms with Crippen LogP contribution >= 0.6 is 11.3 Å². The molecular formula is C24H24N6O3S. The molecule has 0 atom stereocenters. The van der Waals surface area contributed by atoms with Crippen LogP contribution in [0.2, 0.25) is 0 Å². The SMILES string of the molecule is COc1ccc(CCNC(=O)c2csc3nc(-c4ccccn4)nc(N4CCOCC4)c23)cn1. The van der Waals surface area contributed by atoms with Crippen molar-refractivity contribution in [1.82, 2.24) is 25.3 Å². The second-order valence-corrected chi connectivity index (χ2v) is 8.59. The molecule has 9 nitrogen and oxygen atoms in total. The van der Waals surface area contributed by atoms with Crippen LogP contribution in [0, 0.1) is 0 Å². The Morgan fingerprint density at radius 1 is 1.18 bits per heavy atom. The lowest BCUT2D eigenvalue weighted by Crippen LogP contribution is -2.37. The monoisotopic (exact) mass is 476 g/mol. The number of anilines is 1. The van der Waals surface area contributed by atoms with Gasteiger partial charge in [0.1, 0.15) is 16.3 Å². The van der Waals surface area contributed by atoms with E-state index < -0.39 is 0 Å². The summed E-state index contributed by atoms with van der Waals surface area (Å²) in [6.45, 7) is 3.13. The maximum absolute atomic E-state index is 13.1. The number of carbonyl (C=O) groups is 1. The zero-order chi connectivity index (χ0) is 23.3. The van der Waals surface area contributed by atoms with Gasteiger partial charge in [-0.15, -0.1) is 11.3 Å². The van der Waals surface area contributed by atoms with Gasteiger partial charge in [-0.3, -0.25) is 9.78 Å². The smallest absolute Gasteiger partial charge is 0.252 e. The number of morpholine rings is 1. The van der Waals surface area contributed by atoms with E-state index in [1.165, 1.54) is 11.3 Å². The number of fused-ring (bicyclic) bond motifs is 1. The van der Waals surface area contributed by atoms with Crippen LogP contribution in [0.25, 0.3) is 21.7 Å². The van der Waals surface area contributed by atoms with Crippen LogP contribution in [0.4, 0.5) is 5.82 Å². The fraction of sp³-hybridized carbons (Fsp3) is 0.292. The topological polar surface area (TPSA) is 102 Å². The van der Waals surface area contributed by atoms with Crippen molar-refractivity contribution in [3.05, 3.63) is 59.2 Å². The molecule has 10 heteroatoms. The van der Waals surface area contributed by atoms with Crippen LogP contribution in [0.3, 0.4) is 0 Å². The van der Waals surface area contributed by atoms with E-state index in [0.717, 1.165) is 21.6 Å². The number of nitrogens with one attached hydrogen (secondary N) is 1. The van der Waals surface area contributed by atoms with E-state index >= 15 is 0 Å². The van der Waals surface area contributed by atoms with Crippen LogP contribution in [0.1, 0.15) is 15.9 Å². The standard InChI is InChI=1S/C24H24N6O3S/c1-32-19-6-5-16(14-27-19)7-9-26-23(31)17-15-34-24-20(17)22(30-10-12-33-13-11-30)28-21(29-24)18-4-2-3-8-25-18/h2-6,8,14-15H,7,9-13H2,1H3,(H,26,31). The van der Waals surface area contributed by atoms with Crippen molar-refractivity contribution < 1.29 is 14.3 Å². The second kappa shape index (κ2) is 10.1. The summed E-state index contributed by atoms with van der Waals surface area (Å²) >= 11 is 1.44. The van der Waals surface area contributed by atoms with Crippen LogP contribution in [-0.2, 0) is 11.2 Å². The first-order valence-corrected chi connectivity index (χ1v) is 11.9. The number of ether oxygens (including phenoxy) is 2. The number of carbonyl (C=O) groups excluding carboxylic acids is 1. The fourth-order valence-corrected chi connectivity index (χ4v) is 4.71. The van der Waals surface area contributed by atoms with Gasteiger partial charge in [-0.05, 0) is 24.1 Å². The Labute approximate surface area is 200 Å². The van der Waals surface area contributed by atoms with E-state index in [1.807, 2.05) is 35.7 Å². The highest BCUT2D eigenvalue weighted by atomic mass is 32.1. The predicted molar refractivity (Wildman–Crippen MR) is 131 cm³/mol. The summed E-state index contributed by atoms with van der Waals surface area (Å²) in [5.41, 5.74) is 2.31. The lowest BCUT2D eigenvalue weighted by molar-refractivity contribution is 0.0956. The summed E-state index contributed by atoms with van der Waals surface area (Å²) in [6.07, 6.45) is 4.15. The highest BCUT2D eigenvalue weighted by molar-refractivity contribution is 7.17. The normalized spacial score (nSPS) is 13.7. The molecule has 0 aromatic carbocycles. The van der Waals surface area contributed by atoms with Crippen molar-refractivity contribution in [2.75, 3.05) is 44.9 Å². The lowest BCUT2D eigenvalue weighted by Gasteiger charge is -2.28. The van der Waals surface area contributed by atoms with Crippen molar-refractivity contribution in [2.45, 2.75) is 6.42 Å². The van der Waals surface area contributed by atoms with E-state index in [-0.39, 0.29) is 5.91 Å². The number of nitrogens with zero attached hydrogens (tertiary/aromatic N) is 5. The Morgan fingerprint density at radius 3 is 2.79 bits per heavy atom. The first-order valence-electron chi connectivity index (χ1n) is 11.0. The molecule has 1 saturated heterocycles. The number of amides is 1. The minimum absolute atomic E-state index is 0.142. The first-order chi connectivity index (χ1) is 16.7. The van der Waals surface area contributed by atoms with Gasteiger partial charge in [0.2, 0.25) is 5.88 Å². The number of hydrogen-bond donors (Lipinski definition) is 1. The number of aromatic nitrogens is 4. The van der Waals surface area contributed by atoms with Crippen molar-refractivity contribution in [1.29, 1.82) is 0 Å². The van der Waals surface area contributed by atoms with E-state index in [4.69, 9.17) is 19.4 Å². The molecule has 4 aromatic heterocycles. The molecule has 4 aromatic rings. The van der Waals surface area contributed by atoms with Crippen LogP contribution in [0.5, 0.6) is 5.88 Å². The van der Waals surface area contributed by atoms with E-state index in [2.05, 4.69) is 20.2 Å². The highest BCUT2D eigenvalue weighted by Crippen LogP contribution is 2.34. The highest BCUT2D eigenvalue weighted by Gasteiger charge is 2.24. The Bertz CT molecular complexity index is 1270. The molecule has 1 aliphatic rings. The molecule has 5 rings (SSSR count). The van der Waals surface area contributed by atoms with Gasteiger partial charge in [0, 0.05) is 43.5 Å². The van der Waals surface area contributed by atoms with Gasteiger partial charge in [0.15, 0.2) is 5.82 Å². The molecule has 0 aliphatic carbocycles. The van der Waals surface area contributed by atoms with Gasteiger partial charge in [0.05, 0.1) is 31.3 Å². The molecule has 34 heavy (non-hydrogen) atoms. The van der Waals surface area contributed by atoms with Gasteiger partial charge in [0.25, 0.3) is 5.91 Å². The second-order valence-electron chi connectivity index (χ2n) is 7.73. The minimum atomic E-state index is -0.142. The third-order valence-corrected chi connectivity index (χ3v) is 6.44. The maximum Gasteiger partial charge on any atom is 0.252 e. The number of hydrogen-bond acceptors (Lipinski definition) is 9. The van der Waals surface area contributed by atoms with Crippen molar-refractivity contribution in [3.63, 3.8) is 0 Å². The summed E-state index contributed by atoms with van der Waals surface area (Å²) in [6, 6.07) is 9.42. The lowest BCUT2D eigenvalue weighted by atomic mass is 10.1. The van der Waals surface area contributed by atoms with E-state index in [1.54, 1.807) is 19.5 Å². The summed E-state index contributed by atoms with van der Waals surface area (Å²) in [4.78, 5) is 34.3. The van der Waals surface area contributed by atoms with Gasteiger partial charge in [-0.25, -0.2) is 15.0 Å². The third-order valence-electron chi connectivity index (χ3n) is 5.57. The molecule has 0 radical (unpaired) electrons. The number of rotatable bonds is 7. The molecule has 1 aliphatic heterocycles. The molecule has 0 spiro atoms. The quantitative estimate of drug-likeness (QED) is 0.434. The van der Waals surface area contributed by atoms with Crippen LogP contribution < -0.4 is 15.0 Å². The average molecular weight is 477 g/mol. The molecule has 0 saturated carbocycles. The molecule has 5 heterocycles. The van der Waals surface area contributed by atoms with Gasteiger partial charge >= 0.3 is 0 Å². The molecule has 0 bridgehead atoms. The van der Waals surface area contributed by atoms with Crippen LogP contribution in [0.15, 0.2) is 48.1 Å². The Morgan fingerprint density at radius 2 is 2.06 bits per heavy atom. The minimum Gasteiger partial charge on any atom is -0.481 e. The summed E-state index contributed by atoms with van der Waals surface area (Å²) in [5.74, 6) is 1.73. The van der Waals surface area contributed by atoms with Gasteiger partial charge < -0.3 is 19.7 Å². The molecule has 1 fully saturated rings. The molecule has 0 unspecified atom stereocenters. The Balaban J connectivity index is 1.42. The largest absolute Gasteiger partial charge is 0.481 e. The zero-order valence-corrected chi connectivity index (χ0v) is 19.5. The molecule has 1 N–H and O–H groups in total. The van der Waals surface area contributed by atoms with Crippen molar-refractivity contribution >= 4 is 33.3 Å². The Kier molecular flexibility index (Phi) is 6.59. The van der Waals surface area contributed by atoms with Crippen molar-refractivity contribution in [3.8, 4) is 17.4 Å². The summed E-state index contributed by atoms with van der Waals surface area (Å²) in [7, 11) is 1.58. The summed E-state index contributed by atoms with van der Waals surface area (Å²) < 4.78 is 10.6. The van der Waals surface area contributed by atoms with E-state index in [0.29, 0.717) is 62.2 Å². The first kappa shape index (κ1) is 22.2. The maximum atomic E-state index is 13.1.